The second kappa shape index (κ2) is 7.31. The lowest BCUT2D eigenvalue weighted by Crippen LogP contribution is -2.56. The van der Waals surface area contributed by atoms with Gasteiger partial charge in [-0.05, 0) is 66.9 Å². The normalized spacial score (nSPS) is 36.9. The van der Waals surface area contributed by atoms with Crippen LogP contribution in [0.3, 0.4) is 0 Å². The van der Waals surface area contributed by atoms with Crippen LogP contribution in [-0.4, -0.2) is 29.8 Å². The Kier molecular flexibility index (Phi) is 5.38. The van der Waals surface area contributed by atoms with Gasteiger partial charge in [-0.25, -0.2) is 4.79 Å². The zero-order valence-corrected chi connectivity index (χ0v) is 18.2. The van der Waals surface area contributed by atoms with Crippen molar-refractivity contribution in [1.29, 1.82) is 0 Å². The number of carbonyl (C=O) groups excluding carboxylic acids is 2. The van der Waals surface area contributed by atoms with Gasteiger partial charge in [0.25, 0.3) is 0 Å². The number of ether oxygens (including phenoxy) is 1. The molecule has 0 saturated heterocycles. The summed E-state index contributed by atoms with van der Waals surface area (Å²) >= 11 is 0. The van der Waals surface area contributed by atoms with Crippen molar-refractivity contribution in [3.05, 3.63) is 23.5 Å². The van der Waals surface area contributed by atoms with Gasteiger partial charge in [-0.15, -0.1) is 0 Å². The van der Waals surface area contributed by atoms with E-state index in [4.69, 9.17) is 0 Å². The molecule has 4 aliphatic carbocycles. The fraction of sp³-hybridized carbons (Fsp3) is 0.739. The molecular weight excluding hydrogens is 457 g/mol. The highest BCUT2D eigenvalue weighted by Crippen LogP contribution is 2.63. The topological polar surface area (TPSA) is 43.4 Å². The number of Topliss-reactive ketones (excluding diaryl/α,β-unsaturated/α-hetero) is 1. The molecule has 2 saturated carbocycles. The number of hydrogen-bond acceptors (Lipinski definition) is 3. The average Bonchev–Trinajstić information content (AvgIpc) is 3.02. The SMILES string of the molecule is C[C@]12CCC(OC(=O)C(F)(F)C(F)(F)C(F)(F)F)=CC1=CC[C@@H]1[C@@H]2CC[C@]2(C)C(=O)CC[C@@H]12. The number of ketones is 1. The second-order valence-corrected chi connectivity index (χ2v) is 10.3. The quantitative estimate of drug-likeness (QED) is 0.346. The lowest BCUT2D eigenvalue weighted by molar-refractivity contribution is -0.347. The van der Waals surface area contributed by atoms with Crippen LogP contribution in [0.4, 0.5) is 30.7 Å². The molecule has 0 unspecified atom stereocenters. The number of allylic oxidation sites excluding steroid dienone is 4. The van der Waals surface area contributed by atoms with Crippen LogP contribution in [0.15, 0.2) is 23.5 Å². The van der Waals surface area contributed by atoms with Gasteiger partial charge in [0.2, 0.25) is 0 Å². The van der Waals surface area contributed by atoms with Crippen molar-refractivity contribution in [3.8, 4) is 0 Å². The van der Waals surface area contributed by atoms with Gasteiger partial charge in [0, 0.05) is 18.3 Å². The molecule has 0 aliphatic heterocycles. The van der Waals surface area contributed by atoms with Gasteiger partial charge >= 0.3 is 24.0 Å². The number of esters is 1. The van der Waals surface area contributed by atoms with E-state index >= 15 is 0 Å². The van der Waals surface area contributed by atoms with Crippen molar-refractivity contribution >= 4 is 11.8 Å². The molecule has 0 spiro atoms. The highest BCUT2D eigenvalue weighted by Gasteiger charge is 2.77. The smallest absolute Gasteiger partial charge is 0.426 e. The first-order chi connectivity index (χ1) is 15.1. The summed E-state index contributed by atoms with van der Waals surface area (Å²) in [5.41, 5.74) is -0.00950. The summed E-state index contributed by atoms with van der Waals surface area (Å²) < 4.78 is 95.1. The monoisotopic (exact) mass is 482 g/mol. The zero-order valence-electron chi connectivity index (χ0n) is 18.2. The molecule has 0 radical (unpaired) electrons. The molecular formula is C23H25F7O3. The zero-order chi connectivity index (χ0) is 24.6. The average molecular weight is 482 g/mol. The minimum atomic E-state index is -6.60. The first-order valence-electron chi connectivity index (χ1n) is 11.0. The third kappa shape index (κ3) is 3.37. The Balaban J connectivity index is 1.56. The number of alkyl halides is 7. The van der Waals surface area contributed by atoms with Crippen LogP contribution in [0, 0.1) is 28.6 Å². The van der Waals surface area contributed by atoms with Crippen molar-refractivity contribution in [2.75, 3.05) is 0 Å². The molecule has 0 aromatic heterocycles. The van der Waals surface area contributed by atoms with Gasteiger partial charge in [-0.3, -0.25) is 4.79 Å². The van der Waals surface area contributed by atoms with Crippen molar-refractivity contribution in [2.24, 2.45) is 28.6 Å². The Labute approximate surface area is 186 Å². The molecule has 4 rings (SSSR count). The molecule has 10 heteroatoms. The summed E-state index contributed by atoms with van der Waals surface area (Å²) in [6, 6.07) is 0. The molecule has 0 bridgehead atoms. The van der Waals surface area contributed by atoms with E-state index in [1.165, 1.54) is 6.08 Å². The van der Waals surface area contributed by atoms with Crippen LogP contribution in [0.2, 0.25) is 0 Å². The van der Waals surface area contributed by atoms with Gasteiger partial charge in [0.05, 0.1) is 0 Å². The van der Waals surface area contributed by atoms with Crippen LogP contribution < -0.4 is 0 Å². The van der Waals surface area contributed by atoms with Crippen LogP contribution in [0.25, 0.3) is 0 Å². The van der Waals surface area contributed by atoms with Crippen molar-refractivity contribution in [2.45, 2.75) is 76.8 Å². The van der Waals surface area contributed by atoms with Gasteiger partial charge in [0.15, 0.2) is 0 Å². The Hall–Kier alpha value is -1.87. The largest absolute Gasteiger partial charge is 0.460 e. The van der Waals surface area contributed by atoms with Gasteiger partial charge in [0.1, 0.15) is 11.5 Å². The van der Waals surface area contributed by atoms with E-state index in [9.17, 15) is 40.3 Å². The summed E-state index contributed by atoms with van der Waals surface area (Å²) in [7, 11) is 0. The fourth-order valence-corrected chi connectivity index (χ4v) is 6.64. The predicted molar refractivity (Wildman–Crippen MR) is 102 cm³/mol. The first kappa shape index (κ1) is 24.3. The van der Waals surface area contributed by atoms with E-state index < -0.39 is 24.0 Å². The predicted octanol–water partition coefficient (Wildman–Crippen LogP) is 6.39. The number of rotatable bonds is 3. The summed E-state index contributed by atoms with van der Waals surface area (Å²) in [5, 5.41) is 0. The Morgan fingerprint density at radius 1 is 0.970 bits per heavy atom. The summed E-state index contributed by atoms with van der Waals surface area (Å²) in [4.78, 5) is 24.1. The Bertz CT molecular complexity index is 935. The molecule has 0 aromatic rings. The van der Waals surface area contributed by atoms with Gasteiger partial charge in [-0.2, -0.15) is 30.7 Å². The molecule has 3 nitrogen and oxygen atoms in total. The molecule has 2 fully saturated rings. The molecule has 4 aliphatic rings. The van der Waals surface area contributed by atoms with Crippen molar-refractivity contribution < 1.29 is 45.1 Å². The lowest BCUT2D eigenvalue weighted by atomic mass is 9.49. The third-order valence-corrected chi connectivity index (χ3v) is 8.67. The van der Waals surface area contributed by atoms with E-state index in [0.29, 0.717) is 30.6 Å². The van der Waals surface area contributed by atoms with Crippen molar-refractivity contribution in [3.63, 3.8) is 0 Å². The highest BCUT2D eigenvalue weighted by molar-refractivity contribution is 5.87. The van der Waals surface area contributed by atoms with Crippen LogP contribution >= 0.6 is 0 Å². The Morgan fingerprint density at radius 3 is 2.24 bits per heavy atom. The van der Waals surface area contributed by atoms with Crippen LogP contribution in [0.1, 0.15) is 58.8 Å². The van der Waals surface area contributed by atoms with E-state index in [1.807, 2.05) is 19.9 Å². The summed E-state index contributed by atoms with van der Waals surface area (Å²) in [5.74, 6) is -14.8. The minimum absolute atomic E-state index is 0.0443. The van der Waals surface area contributed by atoms with Gasteiger partial charge in [-0.1, -0.05) is 19.9 Å². The first-order valence-corrected chi connectivity index (χ1v) is 11.0. The second-order valence-electron chi connectivity index (χ2n) is 10.3. The summed E-state index contributed by atoms with van der Waals surface area (Å²) in [6.07, 6.45) is 0.537. The molecule has 184 valence electrons. The number of halogens is 7. The molecule has 0 amide bonds. The molecule has 0 N–H and O–H groups in total. The highest BCUT2D eigenvalue weighted by atomic mass is 19.4. The lowest BCUT2D eigenvalue weighted by Gasteiger charge is -2.55. The maximum atomic E-state index is 13.7. The number of hydrogen-bond donors (Lipinski definition) is 0. The summed E-state index contributed by atoms with van der Waals surface area (Å²) in [6.45, 7) is 4.04. The van der Waals surface area contributed by atoms with Crippen molar-refractivity contribution in [1.82, 2.24) is 0 Å². The van der Waals surface area contributed by atoms with Gasteiger partial charge < -0.3 is 4.74 Å². The molecule has 33 heavy (non-hydrogen) atoms. The number of fused-ring (bicyclic) bond motifs is 5. The molecule has 5 atom stereocenters. The molecule has 0 aromatic carbocycles. The van der Waals surface area contributed by atoms with E-state index in [1.54, 1.807) is 0 Å². The molecule has 0 heterocycles. The number of carbonyl (C=O) groups is 2. The standard InChI is InChI=1S/C23H25F7O3/c1-19-9-7-13(33-18(32)21(24,25)22(26,27)23(28,29)30)11-12(19)3-4-14-15-5-6-17(31)20(15,2)10-8-16(14)19/h3,11,14-16H,4-10H2,1-2H3/t14-,15-,16-,19-,20-/m0/s1. The van der Waals surface area contributed by atoms with E-state index in [2.05, 4.69) is 4.74 Å². The maximum Gasteiger partial charge on any atom is 0.460 e. The van der Waals surface area contributed by atoms with E-state index in [-0.39, 0.29) is 40.8 Å². The van der Waals surface area contributed by atoms with Crippen LogP contribution in [0.5, 0.6) is 0 Å². The minimum Gasteiger partial charge on any atom is -0.426 e. The third-order valence-electron chi connectivity index (χ3n) is 8.67. The van der Waals surface area contributed by atoms with Crippen LogP contribution in [-0.2, 0) is 14.3 Å². The Morgan fingerprint density at radius 2 is 1.61 bits per heavy atom. The van der Waals surface area contributed by atoms with E-state index in [0.717, 1.165) is 19.3 Å². The fourth-order valence-electron chi connectivity index (χ4n) is 6.64. The maximum absolute atomic E-state index is 13.7.